The molecule has 0 radical (unpaired) electrons. The maximum atomic E-state index is 12.3. The predicted molar refractivity (Wildman–Crippen MR) is 89.6 cm³/mol. The molecule has 1 heterocycles. The monoisotopic (exact) mass is 372 g/mol. The molecule has 0 bridgehead atoms. The zero-order valence-corrected chi connectivity index (χ0v) is 14.8. The Bertz CT molecular complexity index is 755. The Kier molecular flexibility index (Phi) is 5.23. The van der Waals surface area contributed by atoms with Gasteiger partial charge < -0.3 is 0 Å². The van der Waals surface area contributed by atoms with Gasteiger partial charge in [0.15, 0.2) is 9.84 Å². The van der Waals surface area contributed by atoms with Gasteiger partial charge in [0.05, 0.1) is 16.7 Å². The molecule has 23 heavy (non-hydrogen) atoms. The number of hydrogen-bond acceptors (Lipinski definition) is 6. The lowest BCUT2D eigenvalue weighted by Crippen LogP contribution is -2.11. The Balaban J connectivity index is 1.61. The van der Waals surface area contributed by atoms with Gasteiger partial charge in [-0.15, -0.1) is 5.10 Å². The van der Waals surface area contributed by atoms with Crippen LogP contribution in [0.15, 0.2) is 34.3 Å². The molecule has 1 saturated carbocycles. The summed E-state index contributed by atoms with van der Waals surface area (Å²) in [6.45, 7) is 0. The zero-order valence-electron chi connectivity index (χ0n) is 12.4. The number of sulfone groups is 1. The molecule has 1 aromatic heterocycles. The Labute approximate surface area is 144 Å². The highest BCUT2D eigenvalue weighted by atomic mass is 35.5. The van der Waals surface area contributed by atoms with Crippen LogP contribution in [-0.2, 0) is 9.84 Å². The van der Waals surface area contributed by atoms with Crippen molar-refractivity contribution in [2.75, 3.05) is 11.5 Å². The van der Waals surface area contributed by atoms with Crippen LogP contribution < -0.4 is 0 Å². The van der Waals surface area contributed by atoms with E-state index >= 15 is 0 Å². The van der Waals surface area contributed by atoms with E-state index in [1.165, 1.54) is 36.7 Å². The van der Waals surface area contributed by atoms with Crippen molar-refractivity contribution in [1.29, 1.82) is 0 Å². The standard InChI is InChI=1S/C14H17ClN4O2S2/c15-11-5-7-13(8-6-11)23(20,21)10-9-22-14-16-17-18-19(14)12-3-1-2-4-12/h5-8,12H,1-4,9-10H2. The third-order valence-electron chi connectivity index (χ3n) is 3.89. The van der Waals surface area contributed by atoms with E-state index in [2.05, 4.69) is 15.5 Å². The number of rotatable bonds is 6. The van der Waals surface area contributed by atoms with Gasteiger partial charge in [0.25, 0.3) is 0 Å². The Hall–Kier alpha value is -1.12. The fourth-order valence-corrected chi connectivity index (χ4v) is 5.38. The molecule has 6 nitrogen and oxygen atoms in total. The van der Waals surface area contributed by atoms with Crippen LogP contribution in [-0.4, -0.2) is 40.1 Å². The summed E-state index contributed by atoms with van der Waals surface area (Å²) in [6.07, 6.45) is 4.56. The lowest BCUT2D eigenvalue weighted by atomic mass is 10.3. The number of benzene rings is 1. The van der Waals surface area contributed by atoms with E-state index in [9.17, 15) is 8.42 Å². The normalized spacial score (nSPS) is 16.0. The van der Waals surface area contributed by atoms with Gasteiger partial charge in [-0.2, -0.15) is 0 Å². The minimum Gasteiger partial charge on any atom is -0.224 e. The van der Waals surface area contributed by atoms with Gasteiger partial charge in [-0.25, -0.2) is 13.1 Å². The van der Waals surface area contributed by atoms with Crippen LogP contribution in [0.25, 0.3) is 0 Å². The van der Waals surface area contributed by atoms with E-state index in [1.54, 1.807) is 12.1 Å². The smallest absolute Gasteiger partial charge is 0.209 e. The third-order valence-corrected chi connectivity index (χ3v) is 7.07. The quantitative estimate of drug-likeness (QED) is 0.725. The SMILES string of the molecule is O=S(=O)(CCSc1nnnn1C1CCCC1)c1ccc(Cl)cc1. The van der Waals surface area contributed by atoms with Crippen molar-refractivity contribution in [3.05, 3.63) is 29.3 Å². The molecular formula is C14H17ClN4O2S2. The average Bonchev–Trinajstić information content (AvgIpc) is 3.18. The third kappa shape index (κ3) is 4.05. The van der Waals surface area contributed by atoms with Crippen LogP contribution in [0.5, 0.6) is 0 Å². The minimum absolute atomic E-state index is 0.0385. The number of nitrogens with zero attached hydrogens (tertiary/aromatic N) is 4. The van der Waals surface area contributed by atoms with E-state index in [-0.39, 0.29) is 10.6 Å². The van der Waals surface area contributed by atoms with Crippen LogP contribution >= 0.6 is 23.4 Å². The number of aromatic nitrogens is 4. The van der Waals surface area contributed by atoms with E-state index in [4.69, 9.17) is 11.6 Å². The summed E-state index contributed by atoms with van der Waals surface area (Å²) in [5.41, 5.74) is 0. The molecule has 1 aliphatic carbocycles. The summed E-state index contributed by atoms with van der Waals surface area (Å²) in [5.74, 6) is 0.453. The zero-order chi connectivity index (χ0) is 16.3. The van der Waals surface area contributed by atoms with Gasteiger partial charge in [0.2, 0.25) is 5.16 Å². The van der Waals surface area contributed by atoms with E-state index in [0.717, 1.165) is 12.8 Å². The van der Waals surface area contributed by atoms with Crippen LogP contribution in [0.2, 0.25) is 5.02 Å². The molecule has 0 N–H and O–H groups in total. The number of halogens is 1. The number of tetrazole rings is 1. The molecule has 0 amide bonds. The van der Waals surface area contributed by atoms with Crippen LogP contribution in [0, 0.1) is 0 Å². The second kappa shape index (κ2) is 7.19. The molecule has 124 valence electrons. The summed E-state index contributed by atoms with van der Waals surface area (Å²) in [5, 5.41) is 13.0. The largest absolute Gasteiger partial charge is 0.224 e. The molecule has 0 unspecified atom stereocenters. The van der Waals surface area contributed by atoms with Crippen molar-refractivity contribution in [2.24, 2.45) is 0 Å². The first-order valence-corrected chi connectivity index (χ1v) is 10.5. The first-order valence-electron chi connectivity index (χ1n) is 7.45. The molecule has 0 saturated heterocycles. The number of thioether (sulfide) groups is 1. The van der Waals surface area contributed by atoms with Gasteiger partial charge in [-0.1, -0.05) is 36.2 Å². The molecule has 1 fully saturated rings. The van der Waals surface area contributed by atoms with E-state index in [1.807, 2.05) is 4.68 Å². The van der Waals surface area contributed by atoms with Crippen molar-refractivity contribution in [3.63, 3.8) is 0 Å². The highest BCUT2D eigenvalue weighted by molar-refractivity contribution is 8.00. The van der Waals surface area contributed by atoms with Crippen molar-refractivity contribution in [3.8, 4) is 0 Å². The van der Waals surface area contributed by atoms with Crippen molar-refractivity contribution < 1.29 is 8.42 Å². The lowest BCUT2D eigenvalue weighted by molar-refractivity contribution is 0.423. The van der Waals surface area contributed by atoms with Crippen molar-refractivity contribution in [2.45, 2.75) is 41.8 Å². The highest BCUT2D eigenvalue weighted by Crippen LogP contribution is 2.31. The average molecular weight is 373 g/mol. The molecule has 0 atom stereocenters. The lowest BCUT2D eigenvalue weighted by Gasteiger charge is -2.10. The first-order chi connectivity index (χ1) is 11.1. The van der Waals surface area contributed by atoms with Gasteiger partial charge >= 0.3 is 0 Å². The van der Waals surface area contributed by atoms with Gasteiger partial charge in [0.1, 0.15) is 0 Å². The second-order valence-electron chi connectivity index (χ2n) is 5.47. The van der Waals surface area contributed by atoms with Gasteiger partial charge in [-0.05, 0) is 47.5 Å². The van der Waals surface area contributed by atoms with Crippen LogP contribution in [0.4, 0.5) is 0 Å². The van der Waals surface area contributed by atoms with Gasteiger partial charge in [-0.3, -0.25) is 0 Å². The predicted octanol–water partition coefficient (Wildman–Crippen LogP) is 3.01. The molecule has 3 rings (SSSR count). The van der Waals surface area contributed by atoms with Gasteiger partial charge in [0, 0.05) is 10.8 Å². The minimum atomic E-state index is -3.32. The van der Waals surface area contributed by atoms with Crippen molar-refractivity contribution >= 4 is 33.2 Å². The second-order valence-corrected chi connectivity index (χ2v) is 9.07. The summed E-state index contributed by atoms with van der Waals surface area (Å²) in [7, 11) is -3.32. The Morgan fingerprint density at radius 2 is 1.91 bits per heavy atom. The molecule has 9 heteroatoms. The maximum Gasteiger partial charge on any atom is 0.209 e. The first kappa shape index (κ1) is 16.7. The van der Waals surface area contributed by atoms with Crippen LogP contribution in [0.3, 0.4) is 0 Å². The molecule has 0 spiro atoms. The summed E-state index contributed by atoms with van der Waals surface area (Å²) < 4.78 is 26.4. The van der Waals surface area contributed by atoms with E-state index in [0.29, 0.717) is 22.0 Å². The summed E-state index contributed by atoms with van der Waals surface area (Å²) in [6, 6.07) is 6.58. The fourth-order valence-electron chi connectivity index (χ4n) is 2.66. The highest BCUT2D eigenvalue weighted by Gasteiger charge is 2.22. The van der Waals surface area contributed by atoms with E-state index < -0.39 is 9.84 Å². The van der Waals surface area contributed by atoms with Crippen molar-refractivity contribution in [1.82, 2.24) is 20.2 Å². The summed E-state index contributed by atoms with van der Waals surface area (Å²) >= 11 is 7.18. The fraction of sp³-hybridized carbons (Fsp3) is 0.500. The molecular weight excluding hydrogens is 356 g/mol. The maximum absolute atomic E-state index is 12.3. The number of hydrogen-bond donors (Lipinski definition) is 0. The Morgan fingerprint density at radius 1 is 1.22 bits per heavy atom. The molecule has 1 aromatic carbocycles. The molecule has 0 aliphatic heterocycles. The van der Waals surface area contributed by atoms with Crippen LogP contribution in [0.1, 0.15) is 31.7 Å². The Morgan fingerprint density at radius 3 is 2.61 bits per heavy atom. The topological polar surface area (TPSA) is 77.7 Å². The summed E-state index contributed by atoms with van der Waals surface area (Å²) in [4.78, 5) is 0.290. The molecule has 2 aromatic rings. The molecule has 1 aliphatic rings.